The lowest BCUT2D eigenvalue weighted by atomic mass is 9.93. The molecule has 9 nitrogen and oxygen atoms in total. The number of esters is 2. The van der Waals surface area contributed by atoms with E-state index in [1.165, 1.54) is 30.4 Å². The Hall–Kier alpha value is -3.21. The SMILES string of the molecule is C[C@H](N)C(=O)OC(=O)[C@@H](NN1C(=O)c2ccccc2C1=O)C(CCC=O)c1cccs1. The van der Waals surface area contributed by atoms with Gasteiger partial charge in [0.2, 0.25) is 0 Å². The summed E-state index contributed by atoms with van der Waals surface area (Å²) in [5, 5.41) is 2.54. The zero-order chi connectivity index (χ0) is 22.5. The van der Waals surface area contributed by atoms with Crippen LogP contribution in [0.15, 0.2) is 41.8 Å². The summed E-state index contributed by atoms with van der Waals surface area (Å²) in [6, 6.07) is 7.46. The first-order chi connectivity index (χ1) is 14.8. The molecule has 10 heteroatoms. The summed E-state index contributed by atoms with van der Waals surface area (Å²) in [5.41, 5.74) is 8.54. The van der Waals surface area contributed by atoms with Crippen molar-refractivity contribution in [3.05, 3.63) is 57.8 Å². The van der Waals surface area contributed by atoms with E-state index in [1.807, 2.05) is 0 Å². The molecule has 2 amide bonds. The maximum atomic E-state index is 12.9. The Labute approximate surface area is 182 Å². The maximum Gasteiger partial charge on any atom is 0.333 e. The molecule has 3 atom stereocenters. The summed E-state index contributed by atoms with van der Waals surface area (Å²) in [6.45, 7) is 1.37. The monoisotopic (exact) mass is 443 g/mol. The molecule has 2 aromatic rings. The lowest BCUT2D eigenvalue weighted by Gasteiger charge is -2.28. The van der Waals surface area contributed by atoms with Gasteiger partial charge in [-0.15, -0.1) is 11.3 Å². The van der Waals surface area contributed by atoms with Crippen LogP contribution in [-0.4, -0.2) is 47.1 Å². The molecule has 1 aliphatic rings. The predicted octanol–water partition coefficient (Wildman–Crippen LogP) is 1.40. The number of rotatable bonds is 9. The molecule has 0 fully saturated rings. The van der Waals surface area contributed by atoms with E-state index in [4.69, 9.17) is 10.5 Å². The number of carbonyl (C=O) groups excluding carboxylic acids is 5. The molecule has 31 heavy (non-hydrogen) atoms. The number of imide groups is 1. The van der Waals surface area contributed by atoms with E-state index in [1.54, 1.807) is 29.6 Å². The highest BCUT2D eigenvalue weighted by molar-refractivity contribution is 7.10. The highest BCUT2D eigenvalue weighted by Crippen LogP contribution is 2.31. The fraction of sp³-hybridized carbons (Fsp3) is 0.286. The number of nitrogens with zero attached hydrogens (tertiary/aromatic N) is 1. The molecule has 0 spiro atoms. The van der Waals surface area contributed by atoms with Crippen LogP contribution >= 0.6 is 11.3 Å². The third kappa shape index (κ3) is 4.76. The minimum Gasteiger partial charge on any atom is -0.391 e. The molecule has 0 radical (unpaired) electrons. The number of nitrogens with one attached hydrogen (secondary N) is 1. The summed E-state index contributed by atoms with van der Waals surface area (Å²) < 4.78 is 4.89. The van der Waals surface area contributed by atoms with Gasteiger partial charge in [0, 0.05) is 17.2 Å². The summed E-state index contributed by atoms with van der Waals surface area (Å²) in [5.74, 6) is -3.83. The van der Waals surface area contributed by atoms with Crippen LogP contribution in [0.2, 0.25) is 0 Å². The van der Waals surface area contributed by atoms with Crippen LogP contribution in [0, 0.1) is 0 Å². The zero-order valence-corrected chi connectivity index (χ0v) is 17.5. The van der Waals surface area contributed by atoms with Crippen molar-refractivity contribution in [2.75, 3.05) is 0 Å². The average molecular weight is 443 g/mol. The van der Waals surface area contributed by atoms with Gasteiger partial charge in [0.15, 0.2) is 0 Å². The van der Waals surface area contributed by atoms with Crippen LogP contribution in [0.5, 0.6) is 0 Å². The molecule has 2 heterocycles. The van der Waals surface area contributed by atoms with Gasteiger partial charge in [0.05, 0.1) is 11.1 Å². The summed E-state index contributed by atoms with van der Waals surface area (Å²) >= 11 is 1.34. The lowest BCUT2D eigenvalue weighted by molar-refractivity contribution is -0.163. The fourth-order valence-electron chi connectivity index (χ4n) is 3.23. The Bertz CT molecular complexity index is 969. The van der Waals surface area contributed by atoms with Gasteiger partial charge < -0.3 is 15.3 Å². The van der Waals surface area contributed by atoms with Gasteiger partial charge in [0.1, 0.15) is 18.4 Å². The smallest absolute Gasteiger partial charge is 0.333 e. The molecule has 0 saturated heterocycles. The number of carbonyl (C=O) groups is 5. The second kappa shape index (κ2) is 9.73. The van der Waals surface area contributed by atoms with Crippen molar-refractivity contribution < 1.29 is 28.7 Å². The number of hydrazine groups is 1. The van der Waals surface area contributed by atoms with Crippen LogP contribution in [-0.2, 0) is 19.1 Å². The number of ether oxygens (including phenoxy) is 1. The van der Waals surface area contributed by atoms with Crippen molar-refractivity contribution in [2.45, 2.75) is 37.8 Å². The second-order valence-corrected chi connectivity index (χ2v) is 7.97. The second-order valence-electron chi connectivity index (χ2n) is 6.99. The number of aldehydes is 1. The molecule has 1 unspecified atom stereocenters. The Balaban J connectivity index is 1.94. The normalized spacial score (nSPS) is 15.9. The Morgan fingerprint density at radius 3 is 2.29 bits per heavy atom. The van der Waals surface area contributed by atoms with Gasteiger partial charge in [-0.3, -0.25) is 9.59 Å². The maximum absolute atomic E-state index is 12.9. The van der Waals surface area contributed by atoms with Crippen molar-refractivity contribution in [3.8, 4) is 0 Å². The van der Waals surface area contributed by atoms with E-state index in [0.29, 0.717) is 6.29 Å². The Kier molecular flexibility index (Phi) is 7.06. The number of nitrogens with two attached hydrogens (primary N) is 1. The summed E-state index contributed by atoms with van der Waals surface area (Å²) in [7, 11) is 0. The van der Waals surface area contributed by atoms with Crippen LogP contribution in [0.25, 0.3) is 0 Å². The topological polar surface area (TPSA) is 136 Å². The predicted molar refractivity (Wildman–Crippen MR) is 111 cm³/mol. The molecular weight excluding hydrogens is 422 g/mol. The van der Waals surface area contributed by atoms with Crippen LogP contribution in [0.4, 0.5) is 0 Å². The molecule has 1 aromatic heterocycles. The van der Waals surface area contributed by atoms with Crippen LogP contribution in [0.3, 0.4) is 0 Å². The molecule has 0 aliphatic carbocycles. The number of hydrogen-bond donors (Lipinski definition) is 2. The van der Waals surface area contributed by atoms with E-state index in [9.17, 15) is 24.0 Å². The van der Waals surface area contributed by atoms with Crippen LogP contribution < -0.4 is 11.2 Å². The van der Waals surface area contributed by atoms with E-state index in [-0.39, 0.29) is 24.0 Å². The third-order valence-corrected chi connectivity index (χ3v) is 5.80. The minimum absolute atomic E-state index is 0.122. The van der Waals surface area contributed by atoms with Gasteiger partial charge >= 0.3 is 11.9 Å². The standard InChI is InChI=1S/C21H21N3O6S/c1-12(22)20(28)30-21(29)17(15(8-4-10-25)16-9-5-11-31-16)23-24-18(26)13-6-2-3-7-14(13)19(24)27/h2-3,5-7,9-12,15,17,23H,4,8,22H2,1H3/t12-,15?,17-/m0/s1. The number of benzene rings is 1. The van der Waals surface area contributed by atoms with Gasteiger partial charge in [0.25, 0.3) is 11.8 Å². The Morgan fingerprint density at radius 1 is 1.13 bits per heavy atom. The molecule has 1 aromatic carbocycles. The van der Waals surface area contributed by atoms with E-state index >= 15 is 0 Å². The van der Waals surface area contributed by atoms with Crippen molar-refractivity contribution in [2.24, 2.45) is 5.73 Å². The third-order valence-electron chi connectivity index (χ3n) is 4.80. The lowest BCUT2D eigenvalue weighted by Crippen LogP contribution is -2.54. The van der Waals surface area contributed by atoms with Crippen LogP contribution in [0.1, 0.15) is 51.3 Å². The highest BCUT2D eigenvalue weighted by atomic mass is 32.1. The molecule has 0 bridgehead atoms. The van der Waals surface area contributed by atoms with E-state index in [2.05, 4.69) is 5.43 Å². The molecule has 1 aliphatic heterocycles. The number of hydrogen-bond acceptors (Lipinski definition) is 9. The van der Waals surface area contributed by atoms with Crippen molar-refractivity contribution in [1.29, 1.82) is 0 Å². The number of thiophene rings is 1. The minimum atomic E-state index is -1.29. The molecular formula is C21H21N3O6S. The molecule has 162 valence electrons. The van der Waals surface area contributed by atoms with Gasteiger partial charge in [-0.1, -0.05) is 18.2 Å². The van der Waals surface area contributed by atoms with Gasteiger partial charge in [-0.2, -0.15) is 0 Å². The molecule has 3 rings (SSSR count). The fourth-order valence-corrected chi connectivity index (χ4v) is 4.13. The first-order valence-corrected chi connectivity index (χ1v) is 10.4. The van der Waals surface area contributed by atoms with Crippen molar-refractivity contribution in [3.63, 3.8) is 0 Å². The largest absolute Gasteiger partial charge is 0.391 e. The zero-order valence-electron chi connectivity index (χ0n) is 16.6. The van der Waals surface area contributed by atoms with Gasteiger partial charge in [-0.05, 0) is 36.9 Å². The molecule has 3 N–H and O–H groups in total. The van der Waals surface area contributed by atoms with E-state index in [0.717, 1.165) is 9.89 Å². The number of fused-ring (bicyclic) bond motifs is 1. The average Bonchev–Trinajstić information content (AvgIpc) is 3.36. The quantitative estimate of drug-likeness (QED) is 0.257. The first kappa shape index (κ1) is 22.5. The van der Waals surface area contributed by atoms with Crippen molar-refractivity contribution in [1.82, 2.24) is 10.4 Å². The molecule has 0 saturated carbocycles. The summed E-state index contributed by atoms with van der Waals surface area (Å²) in [4.78, 5) is 62.1. The van der Waals surface area contributed by atoms with Crippen molar-refractivity contribution >= 4 is 41.4 Å². The van der Waals surface area contributed by atoms with E-state index < -0.39 is 41.8 Å². The summed E-state index contributed by atoms with van der Waals surface area (Å²) in [6.07, 6.45) is 1.06. The van der Waals surface area contributed by atoms with Gasteiger partial charge in [-0.25, -0.2) is 20.0 Å². The first-order valence-electron chi connectivity index (χ1n) is 9.57. The number of amides is 2. The Morgan fingerprint density at radius 2 is 1.77 bits per heavy atom. The highest BCUT2D eigenvalue weighted by Gasteiger charge is 2.41.